The van der Waals surface area contributed by atoms with Crippen LogP contribution in [0.5, 0.6) is 0 Å². The third-order valence-corrected chi connectivity index (χ3v) is 4.06. The standard InChI is InChI=1S/C17H28N2/c1-5-16(12-18-11-13(2)3)19-14(4)10-15-8-6-7-9-17(15)19/h6-9,13-14,16,18H,5,10-12H2,1-4H3. The SMILES string of the molecule is CCC(CNCC(C)C)N1c2ccccc2CC1C. The zero-order valence-electron chi connectivity index (χ0n) is 12.8. The number of nitrogens with one attached hydrogen (secondary N) is 1. The van der Waals surface area contributed by atoms with Crippen LogP contribution in [0.15, 0.2) is 24.3 Å². The summed E-state index contributed by atoms with van der Waals surface area (Å²) in [5, 5.41) is 3.62. The minimum atomic E-state index is 0.609. The molecule has 0 spiro atoms. The van der Waals surface area contributed by atoms with E-state index in [0.29, 0.717) is 12.1 Å². The van der Waals surface area contributed by atoms with E-state index in [1.54, 1.807) is 0 Å². The van der Waals surface area contributed by atoms with Crippen LogP contribution in [0.2, 0.25) is 0 Å². The van der Waals surface area contributed by atoms with Gasteiger partial charge in [0.25, 0.3) is 0 Å². The Bertz CT molecular complexity index is 400. The first kappa shape index (κ1) is 14.4. The first-order chi connectivity index (χ1) is 9.13. The third kappa shape index (κ3) is 3.30. The van der Waals surface area contributed by atoms with E-state index in [1.165, 1.54) is 24.1 Å². The molecule has 0 bridgehead atoms. The minimum Gasteiger partial charge on any atom is -0.364 e. The van der Waals surface area contributed by atoms with Crippen molar-refractivity contribution >= 4 is 5.69 Å². The lowest BCUT2D eigenvalue weighted by atomic mass is 10.1. The molecule has 0 saturated heterocycles. The van der Waals surface area contributed by atoms with Gasteiger partial charge in [-0.1, -0.05) is 39.0 Å². The molecule has 0 amide bonds. The van der Waals surface area contributed by atoms with Crippen molar-refractivity contribution in [3.8, 4) is 0 Å². The molecule has 1 aliphatic heterocycles. The van der Waals surface area contributed by atoms with Crippen molar-refractivity contribution < 1.29 is 0 Å². The molecule has 1 aliphatic rings. The molecule has 2 rings (SSSR count). The number of anilines is 1. The number of benzene rings is 1. The largest absolute Gasteiger partial charge is 0.364 e. The van der Waals surface area contributed by atoms with Crippen molar-refractivity contribution in [2.45, 2.75) is 52.6 Å². The van der Waals surface area contributed by atoms with E-state index in [4.69, 9.17) is 0 Å². The van der Waals surface area contributed by atoms with Crippen LogP contribution in [0.1, 0.15) is 39.7 Å². The first-order valence-electron chi connectivity index (χ1n) is 7.70. The number of nitrogens with zero attached hydrogens (tertiary/aromatic N) is 1. The topological polar surface area (TPSA) is 15.3 Å². The highest BCUT2D eigenvalue weighted by molar-refractivity contribution is 5.60. The van der Waals surface area contributed by atoms with Gasteiger partial charge in [-0.2, -0.15) is 0 Å². The van der Waals surface area contributed by atoms with Crippen molar-refractivity contribution in [2.24, 2.45) is 5.92 Å². The molecular formula is C17H28N2. The summed E-state index contributed by atoms with van der Waals surface area (Å²) < 4.78 is 0. The average Bonchev–Trinajstić information content (AvgIpc) is 2.71. The van der Waals surface area contributed by atoms with Gasteiger partial charge >= 0.3 is 0 Å². The number of rotatable bonds is 6. The number of hydrogen-bond donors (Lipinski definition) is 1. The fourth-order valence-electron chi connectivity index (χ4n) is 3.12. The van der Waals surface area contributed by atoms with Gasteiger partial charge in [0.15, 0.2) is 0 Å². The van der Waals surface area contributed by atoms with Gasteiger partial charge in [-0.05, 0) is 43.9 Å². The van der Waals surface area contributed by atoms with Crippen molar-refractivity contribution in [1.29, 1.82) is 0 Å². The molecule has 0 fully saturated rings. The minimum absolute atomic E-state index is 0.609. The highest BCUT2D eigenvalue weighted by Crippen LogP contribution is 2.34. The summed E-state index contributed by atoms with van der Waals surface area (Å²) in [7, 11) is 0. The zero-order valence-corrected chi connectivity index (χ0v) is 12.8. The maximum absolute atomic E-state index is 3.62. The molecule has 19 heavy (non-hydrogen) atoms. The molecule has 1 aromatic rings. The van der Waals surface area contributed by atoms with Crippen LogP contribution in [0.25, 0.3) is 0 Å². The highest BCUT2D eigenvalue weighted by Gasteiger charge is 2.30. The molecule has 2 nitrogen and oxygen atoms in total. The Morgan fingerprint density at radius 1 is 1.26 bits per heavy atom. The molecule has 106 valence electrons. The highest BCUT2D eigenvalue weighted by atomic mass is 15.2. The van der Waals surface area contributed by atoms with Gasteiger partial charge in [0, 0.05) is 24.3 Å². The smallest absolute Gasteiger partial charge is 0.0415 e. The molecular weight excluding hydrogens is 232 g/mol. The number of hydrogen-bond acceptors (Lipinski definition) is 2. The Balaban J connectivity index is 2.06. The van der Waals surface area contributed by atoms with E-state index in [-0.39, 0.29) is 0 Å². The van der Waals surface area contributed by atoms with Crippen LogP contribution >= 0.6 is 0 Å². The lowest BCUT2D eigenvalue weighted by Crippen LogP contribution is -2.45. The maximum Gasteiger partial charge on any atom is 0.0415 e. The summed E-state index contributed by atoms with van der Waals surface area (Å²) in [5.41, 5.74) is 2.96. The second-order valence-electron chi connectivity index (χ2n) is 6.20. The molecule has 0 saturated carbocycles. The fourth-order valence-corrected chi connectivity index (χ4v) is 3.12. The predicted molar refractivity (Wildman–Crippen MR) is 83.9 cm³/mol. The lowest BCUT2D eigenvalue weighted by molar-refractivity contribution is 0.466. The summed E-state index contributed by atoms with van der Waals surface area (Å²) in [6.45, 7) is 11.4. The third-order valence-electron chi connectivity index (χ3n) is 4.06. The van der Waals surface area contributed by atoms with Gasteiger partial charge in [0.2, 0.25) is 0 Å². The molecule has 1 heterocycles. The van der Waals surface area contributed by atoms with Crippen molar-refractivity contribution in [1.82, 2.24) is 5.32 Å². The number of para-hydroxylation sites is 1. The Labute approximate surface area is 118 Å². The number of fused-ring (bicyclic) bond motifs is 1. The van der Waals surface area contributed by atoms with Gasteiger partial charge in [-0.15, -0.1) is 0 Å². The van der Waals surface area contributed by atoms with E-state index < -0.39 is 0 Å². The summed E-state index contributed by atoms with van der Waals surface area (Å²) in [5.74, 6) is 0.723. The van der Waals surface area contributed by atoms with Crippen molar-refractivity contribution in [3.63, 3.8) is 0 Å². The molecule has 1 N–H and O–H groups in total. The van der Waals surface area contributed by atoms with Crippen LogP contribution in [-0.2, 0) is 6.42 Å². The molecule has 0 radical (unpaired) electrons. The summed E-state index contributed by atoms with van der Waals surface area (Å²) in [6.07, 6.45) is 2.39. The van der Waals surface area contributed by atoms with Gasteiger partial charge in [-0.3, -0.25) is 0 Å². The monoisotopic (exact) mass is 260 g/mol. The van der Waals surface area contributed by atoms with Crippen molar-refractivity contribution in [2.75, 3.05) is 18.0 Å². The Morgan fingerprint density at radius 3 is 2.68 bits per heavy atom. The Kier molecular flexibility index (Phi) is 4.87. The second kappa shape index (κ2) is 6.42. The van der Waals surface area contributed by atoms with E-state index in [1.807, 2.05) is 0 Å². The average molecular weight is 260 g/mol. The Morgan fingerprint density at radius 2 is 2.00 bits per heavy atom. The quantitative estimate of drug-likeness (QED) is 0.842. The van der Waals surface area contributed by atoms with E-state index in [9.17, 15) is 0 Å². The molecule has 2 unspecified atom stereocenters. The van der Waals surface area contributed by atoms with Crippen molar-refractivity contribution in [3.05, 3.63) is 29.8 Å². The molecule has 2 atom stereocenters. The van der Waals surface area contributed by atoms with Gasteiger partial charge < -0.3 is 10.2 Å². The molecule has 0 aromatic heterocycles. The van der Waals surface area contributed by atoms with Crippen LogP contribution in [0.4, 0.5) is 5.69 Å². The predicted octanol–water partition coefficient (Wildman–Crippen LogP) is 3.46. The fraction of sp³-hybridized carbons (Fsp3) is 0.647. The van der Waals surface area contributed by atoms with Gasteiger partial charge in [0.05, 0.1) is 0 Å². The summed E-state index contributed by atoms with van der Waals surface area (Å²) in [6, 6.07) is 10.1. The van der Waals surface area contributed by atoms with Gasteiger partial charge in [0.1, 0.15) is 0 Å². The lowest BCUT2D eigenvalue weighted by Gasteiger charge is -2.34. The van der Waals surface area contributed by atoms with E-state index >= 15 is 0 Å². The molecule has 0 aliphatic carbocycles. The van der Waals surface area contributed by atoms with Crippen LogP contribution in [0.3, 0.4) is 0 Å². The molecule has 2 heteroatoms. The van der Waals surface area contributed by atoms with Crippen LogP contribution in [-0.4, -0.2) is 25.2 Å². The van der Waals surface area contributed by atoms with Gasteiger partial charge in [-0.25, -0.2) is 0 Å². The molecule has 1 aromatic carbocycles. The maximum atomic E-state index is 3.62. The second-order valence-corrected chi connectivity index (χ2v) is 6.20. The van der Waals surface area contributed by atoms with E-state index in [0.717, 1.165) is 19.0 Å². The van der Waals surface area contributed by atoms with Crippen LogP contribution in [0, 0.1) is 5.92 Å². The normalized spacial score (nSPS) is 19.8. The Hall–Kier alpha value is -1.02. The van der Waals surface area contributed by atoms with E-state index in [2.05, 4.69) is 62.2 Å². The first-order valence-corrected chi connectivity index (χ1v) is 7.70. The van der Waals surface area contributed by atoms with Crippen LogP contribution < -0.4 is 10.2 Å². The zero-order chi connectivity index (χ0) is 13.8. The summed E-state index contributed by atoms with van der Waals surface area (Å²) in [4.78, 5) is 2.63. The summed E-state index contributed by atoms with van der Waals surface area (Å²) >= 11 is 0.